The largest absolute Gasteiger partial charge is 0.464 e. The van der Waals surface area contributed by atoms with Gasteiger partial charge in [-0.05, 0) is 13.8 Å². The van der Waals surface area contributed by atoms with Crippen LogP contribution in [0.5, 0.6) is 0 Å². The maximum absolute atomic E-state index is 11.2. The van der Waals surface area contributed by atoms with Crippen LogP contribution in [0.2, 0.25) is 0 Å². The standard InChI is InChI=1S/C7H12N2O2S.C2H6/c1-3-11-7(10)5-6(8)12-4(2)9-5;1-2/h5-6H,3,8H2,1-2H3;1-2H3. The van der Waals surface area contributed by atoms with Crippen LogP contribution in [0.4, 0.5) is 0 Å². The third kappa shape index (κ3) is 3.67. The summed E-state index contributed by atoms with van der Waals surface area (Å²) in [5.41, 5.74) is 5.65. The van der Waals surface area contributed by atoms with Crippen LogP contribution in [0.1, 0.15) is 27.7 Å². The first-order valence-electron chi connectivity index (χ1n) is 4.78. The van der Waals surface area contributed by atoms with Crippen molar-refractivity contribution in [1.29, 1.82) is 0 Å². The maximum atomic E-state index is 11.2. The van der Waals surface area contributed by atoms with Crippen molar-refractivity contribution in [2.75, 3.05) is 6.61 Å². The number of aliphatic imine (C=N–C) groups is 1. The summed E-state index contributed by atoms with van der Waals surface area (Å²) in [5, 5.41) is 0.574. The molecule has 0 fully saturated rings. The van der Waals surface area contributed by atoms with E-state index in [2.05, 4.69) is 4.99 Å². The highest BCUT2D eigenvalue weighted by molar-refractivity contribution is 8.14. The van der Waals surface area contributed by atoms with Gasteiger partial charge in [0.25, 0.3) is 0 Å². The molecule has 0 radical (unpaired) electrons. The van der Waals surface area contributed by atoms with Crippen molar-refractivity contribution in [3.05, 3.63) is 0 Å². The maximum Gasteiger partial charge on any atom is 0.333 e. The molecule has 0 aromatic carbocycles. The Labute approximate surface area is 89.3 Å². The normalized spacial score (nSPS) is 24.8. The summed E-state index contributed by atoms with van der Waals surface area (Å²) in [7, 11) is 0. The average molecular weight is 218 g/mol. The van der Waals surface area contributed by atoms with Crippen molar-refractivity contribution in [2.24, 2.45) is 10.7 Å². The molecular formula is C9H18N2O2S. The van der Waals surface area contributed by atoms with Gasteiger partial charge >= 0.3 is 5.97 Å². The molecule has 2 unspecified atom stereocenters. The van der Waals surface area contributed by atoms with Crippen LogP contribution in [-0.4, -0.2) is 29.0 Å². The molecule has 1 rings (SSSR count). The molecule has 0 saturated carbocycles. The van der Waals surface area contributed by atoms with Crippen LogP contribution in [-0.2, 0) is 9.53 Å². The summed E-state index contributed by atoms with van der Waals surface area (Å²) in [6.45, 7) is 7.98. The Hall–Kier alpha value is -0.550. The second-order valence-corrected chi connectivity index (χ2v) is 3.80. The molecule has 1 aliphatic rings. The average Bonchev–Trinajstić information content (AvgIpc) is 2.49. The van der Waals surface area contributed by atoms with Gasteiger partial charge in [0.15, 0.2) is 6.04 Å². The first-order valence-corrected chi connectivity index (χ1v) is 5.66. The summed E-state index contributed by atoms with van der Waals surface area (Å²) in [5.74, 6) is -0.325. The minimum atomic E-state index is -0.505. The van der Waals surface area contributed by atoms with E-state index < -0.39 is 6.04 Å². The number of hydrogen-bond acceptors (Lipinski definition) is 5. The number of thioether (sulfide) groups is 1. The Morgan fingerprint density at radius 2 is 2.21 bits per heavy atom. The quantitative estimate of drug-likeness (QED) is 0.711. The SMILES string of the molecule is CC.CCOC(=O)C1N=C(C)SC1N. The van der Waals surface area contributed by atoms with E-state index in [1.165, 1.54) is 11.8 Å². The van der Waals surface area contributed by atoms with Gasteiger partial charge in [-0.2, -0.15) is 0 Å². The van der Waals surface area contributed by atoms with Gasteiger partial charge in [0.05, 0.1) is 17.0 Å². The van der Waals surface area contributed by atoms with E-state index in [4.69, 9.17) is 10.5 Å². The van der Waals surface area contributed by atoms with Crippen molar-refractivity contribution in [3.8, 4) is 0 Å². The molecule has 14 heavy (non-hydrogen) atoms. The minimum absolute atomic E-state index is 0.274. The monoisotopic (exact) mass is 218 g/mol. The first-order chi connectivity index (χ1) is 6.65. The summed E-state index contributed by atoms with van der Waals surface area (Å²) < 4.78 is 4.81. The smallest absolute Gasteiger partial charge is 0.333 e. The van der Waals surface area contributed by atoms with Crippen molar-refractivity contribution < 1.29 is 9.53 Å². The molecule has 0 bridgehead atoms. The van der Waals surface area contributed by atoms with E-state index in [-0.39, 0.29) is 11.3 Å². The van der Waals surface area contributed by atoms with Gasteiger partial charge in [-0.15, -0.1) is 0 Å². The predicted octanol–water partition coefficient (Wildman–Crippen LogP) is 1.39. The lowest BCUT2D eigenvalue weighted by Crippen LogP contribution is -2.35. The first kappa shape index (κ1) is 13.4. The molecule has 82 valence electrons. The highest BCUT2D eigenvalue weighted by Crippen LogP contribution is 2.23. The summed E-state index contributed by atoms with van der Waals surface area (Å²) in [4.78, 5) is 15.2. The molecule has 2 N–H and O–H groups in total. The number of hydrogen-bond donors (Lipinski definition) is 1. The van der Waals surface area contributed by atoms with Crippen LogP contribution < -0.4 is 5.73 Å². The lowest BCUT2D eigenvalue weighted by atomic mass is 10.3. The van der Waals surface area contributed by atoms with Crippen molar-refractivity contribution >= 4 is 22.8 Å². The second-order valence-electron chi connectivity index (χ2n) is 2.43. The molecule has 1 heterocycles. The van der Waals surface area contributed by atoms with Crippen LogP contribution in [0.25, 0.3) is 0 Å². The number of nitrogens with two attached hydrogens (primary N) is 1. The molecule has 0 aliphatic carbocycles. The van der Waals surface area contributed by atoms with Crippen LogP contribution in [0, 0.1) is 0 Å². The Morgan fingerprint density at radius 1 is 1.64 bits per heavy atom. The molecule has 0 amide bonds. The van der Waals surface area contributed by atoms with Crippen LogP contribution >= 0.6 is 11.8 Å². The second kappa shape index (κ2) is 6.84. The number of nitrogens with zero attached hydrogens (tertiary/aromatic N) is 1. The van der Waals surface area contributed by atoms with Gasteiger partial charge in [-0.3, -0.25) is 4.99 Å². The fourth-order valence-corrected chi connectivity index (χ4v) is 1.84. The fourth-order valence-electron chi connectivity index (χ4n) is 0.976. The van der Waals surface area contributed by atoms with Gasteiger partial charge in [-0.25, -0.2) is 4.79 Å². The van der Waals surface area contributed by atoms with Gasteiger partial charge in [-0.1, -0.05) is 25.6 Å². The van der Waals surface area contributed by atoms with Crippen molar-refractivity contribution in [2.45, 2.75) is 39.1 Å². The van der Waals surface area contributed by atoms with Crippen molar-refractivity contribution in [3.63, 3.8) is 0 Å². The van der Waals surface area contributed by atoms with E-state index >= 15 is 0 Å². The lowest BCUT2D eigenvalue weighted by molar-refractivity contribution is -0.144. The topological polar surface area (TPSA) is 64.7 Å². The molecule has 4 nitrogen and oxygen atoms in total. The van der Waals surface area contributed by atoms with Crippen LogP contribution in [0.15, 0.2) is 4.99 Å². The molecule has 0 aromatic heterocycles. The fraction of sp³-hybridized carbons (Fsp3) is 0.778. The van der Waals surface area contributed by atoms with Crippen LogP contribution in [0.3, 0.4) is 0 Å². The van der Waals surface area contributed by atoms with Gasteiger partial charge < -0.3 is 10.5 Å². The van der Waals surface area contributed by atoms with Gasteiger partial charge in [0.1, 0.15) is 0 Å². The molecule has 5 heteroatoms. The van der Waals surface area contributed by atoms with E-state index in [0.29, 0.717) is 6.61 Å². The van der Waals surface area contributed by atoms with E-state index in [1.54, 1.807) is 6.92 Å². The highest BCUT2D eigenvalue weighted by atomic mass is 32.2. The van der Waals surface area contributed by atoms with E-state index in [9.17, 15) is 4.79 Å². The van der Waals surface area contributed by atoms with E-state index in [0.717, 1.165) is 5.04 Å². The Bertz CT molecular complexity index is 219. The molecule has 0 spiro atoms. The Balaban J connectivity index is 0.000000791. The molecule has 1 aliphatic heterocycles. The minimum Gasteiger partial charge on any atom is -0.464 e. The summed E-state index contributed by atoms with van der Waals surface area (Å²) >= 11 is 1.41. The zero-order valence-corrected chi connectivity index (χ0v) is 9.93. The third-order valence-electron chi connectivity index (χ3n) is 1.47. The number of ether oxygens (including phenoxy) is 1. The number of esters is 1. The number of rotatable bonds is 2. The zero-order valence-electron chi connectivity index (χ0n) is 9.11. The predicted molar refractivity (Wildman–Crippen MR) is 60.4 cm³/mol. The molecular weight excluding hydrogens is 200 g/mol. The molecule has 0 aromatic rings. The zero-order chi connectivity index (χ0) is 11.1. The van der Waals surface area contributed by atoms with Gasteiger partial charge in [0, 0.05) is 0 Å². The van der Waals surface area contributed by atoms with Crippen molar-refractivity contribution in [1.82, 2.24) is 0 Å². The van der Waals surface area contributed by atoms with Gasteiger partial charge in [0.2, 0.25) is 0 Å². The Morgan fingerprint density at radius 3 is 2.57 bits per heavy atom. The third-order valence-corrected chi connectivity index (χ3v) is 2.44. The number of carbonyl (C=O) groups is 1. The summed E-state index contributed by atoms with van der Waals surface area (Å²) in [6.07, 6.45) is 0. The number of carbonyl (C=O) groups excluding carboxylic acids is 1. The molecule has 2 atom stereocenters. The van der Waals surface area contributed by atoms with E-state index in [1.807, 2.05) is 20.8 Å². The Kier molecular flexibility index (Phi) is 6.57. The molecule has 0 saturated heterocycles. The summed E-state index contributed by atoms with van der Waals surface area (Å²) in [6, 6.07) is -0.505. The lowest BCUT2D eigenvalue weighted by Gasteiger charge is -2.10. The highest BCUT2D eigenvalue weighted by Gasteiger charge is 2.32.